The second kappa shape index (κ2) is 7.39. The molecule has 3 amide bonds. The van der Waals surface area contributed by atoms with Gasteiger partial charge in [0.1, 0.15) is 0 Å². The number of amides is 3. The molecule has 1 aromatic heterocycles. The molecule has 8 heteroatoms. The molecule has 0 aliphatic carbocycles. The number of hydrogen-bond donors (Lipinski definition) is 2. The van der Waals surface area contributed by atoms with Crippen molar-refractivity contribution in [3.63, 3.8) is 0 Å². The Kier molecular flexibility index (Phi) is 5.05. The quantitative estimate of drug-likeness (QED) is 0.838. The first-order valence-electron chi connectivity index (χ1n) is 7.47. The van der Waals surface area contributed by atoms with E-state index < -0.39 is 6.03 Å². The lowest BCUT2D eigenvalue weighted by atomic mass is 10.2. The molecule has 124 valence electrons. The summed E-state index contributed by atoms with van der Waals surface area (Å²) in [5.41, 5.74) is 1.07. The Morgan fingerprint density at radius 1 is 1.25 bits per heavy atom. The Morgan fingerprint density at radius 2 is 1.96 bits per heavy atom. The lowest BCUT2D eigenvalue weighted by Gasteiger charge is -2.17. The van der Waals surface area contributed by atoms with E-state index in [4.69, 9.17) is 0 Å². The van der Waals surface area contributed by atoms with E-state index in [0.717, 1.165) is 10.0 Å². The second-order valence-electron chi connectivity index (χ2n) is 5.48. The summed E-state index contributed by atoms with van der Waals surface area (Å²) in [5.74, 6) is 0.241. The lowest BCUT2D eigenvalue weighted by molar-refractivity contribution is -0.128. The predicted molar refractivity (Wildman–Crippen MR) is 92.2 cm³/mol. The molecule has 2 heterocycles. The molecule has 0 radical (unpaired) electrons. The number of hydrogen-bond acceptors (Lipinski definition) is 4. The maximum atomic E-state index is 12.1. The van der Waals surface area contributed by atoms with E-state index in [9.17, 15) is 9.59 Å². The van der Waals surface area contributed by atoms with Gasteiger partial charge in [-0.1, -0.05) is 30.3 Å². The third-order valence-electron chi connectivity index (χ3n) is 3.61. The number of aromatic nitrogens is 2. The maximum Gasteiger partial charge on any atom is 0.321 e. The van der Waals surface area contributed by atoms with Crippen molar-refractivity contribution in [2.75, 3.05) is 11.9 Å². The van der Waals surface area contributed by atoms with Gasteiger partial charge in [-0.25, -0.2) is 14.8 Å². The molecule has 1 atom stereocenters. The first-order valence-corrected chi connectivity index (χ1v) is 8.26. The lowest BCUT2D eigenvalue weighted by Crippen LogP contribution is -2.39. The summed E-state index contributed by atoms with van der Waals surface area (Å²) >= 11 is 3.23. The van der Waals surface area contributed by atoms with Crippen molar-refractivity contribution in [3.05, 3.63) is 52.8 Å². The monoisotopic (exact) mass is 389 g/mol. The summed E-state index contributed by atoms with van der Waals surface area (Å²) in [6.45, 7) is 1.04. The zero-order valence-corrected chi connectivity index (χ0v) is 14.4. The number of likely N-dealkylation sites (tertiary alicyclic amines) is 1. The van der Waals surface area contributed by atoms with E-state index in [0.29, 0.717) is 19.5 Å². The van der Waals surface area contributed by atoms with Crippen LogP contribution in [0.15, 0.2) is 47.2 Å². The number of halogens is 1. The first kappa shape index (κ1) is 16.4. The summed E-state index contributed by atoms with van der Waals surface area (Å²) in [7, 11) is 0. The number of rotatable bonds is 4. The smallest absolute Gasteiger partial charge is 0.321 e. The molecule has 3 rings (SSSR count). The van der Waals surface area contributed by atoms with Crippen LogP contribution in [-0.4, -0.2) is 39.4 Å². The molecular weight excluding hydrogens is 374 g/mol. The van der Waals surface area contributed by atoms with Gasteiger partial charge >= 0.3 is 6.03 Å². The Balaban J connectivity index is 1.52. The number of carbonyl (C=O) groups excluding carboxylic acids is 2. The van der Waals surface area contributed by atoms with Gasteiger partial charge in [0.25, 0.3) is 0 Å². The molecule has 1 unspecified atom stereocenters. The van der Waals surface area contributed by atoms with E-state index in [1.807, 2.05) is 30.3 Å². The third kappa shape index (κ3) is 4.29. The standard InChI is InChI=1S/C16H16BrN5O2/c17-12-7-18-15(19-8-12)21-16(24)20-13-6-14(23)22(10-13)9-11-4-2-1-3-5-11/h1-5,7-8,13H,6,9-10H2,(H2,18,19,20,21,24). The van der Waals surface area contributed by atoms with Gasteiger partial charge in [0, 0.05) is 31.9 Å². The molecule has 0 saturated carbocycles. The fourth-order valence-corrected chi connectivity index (χ4v) is 2.73. The Bertz CT molecular complexity index is 723. The van der Waals surface area contributed by atoms with Crippen LogP contribution in [0.4, 0.5) is 10.7 Å². The van der Waals surface area contributed by atoms with Crippen LogP contribution in [0.5, 0.6) is 0 Å². The van der Waals surface area contributed by atoms with E-state index in [1.165, 1.54) is 0 Å². The van der Waals surface area contributed by atoms with Crippen LogP contribution in [0.1, 0.15) is 12.0 Å². The molecule has 0 bridgehead atoms. The van der Waals surface area contributed by atoms with Gasteiger partial charge in [0.05, 0.1) is 10.5 Å². The van der Waals surface area contributed by atoms with Crippen LogP contribution < -0.4 is 10.6 Å². The molecule has 7 nitrogen and oxygen atoms in total. The second-order valence-corrected chi connectivity index (χ2v) is 6.40. The predicted octanol–water partition coefficient (Wildman–Crippen LogP) is 2.16. The van der Waals surface area contributed by atoms with Crippen molar-refractivity contribution in [2.45, 2.75) is 19.0 Å². The molecule has 1 aliphatic heterocycles. The molecule has 1 saturated heterocycles. The molecule has 24 heavy (non-hydrogen) atoms. The highest BCUT2D eigenvalue weighted by atomic mass is 79.9. The molecule has 2 N–H and O–H groups in total. The van der Waals surface area contributed by atoms with Crippen molar-refractivity contribution < 1.29 is 9.59 Å². The van der Waals surface area contributed by atoms with E-state index in [1.54, 1.807) is 17.3 Å². The first-order chi connectivity index (χ1) is 11.6. The Morgan fingerprint density at radius 3 is 2.67 bits per heavy atom. The SMILES string of the molecule is O=C(Nc1ncc(Br)cn1)NC1CC(=O)N(Cc2ccccc2)C1. The van der Waals surface area contributed by atoms with Gasteiger partial charge in [-0.15, -0.1) is 0 Å². The van der Waals surface area contributed by atoms with E-state index in [2.05, 4.69) is 36.5 Å². The number of nitrogens with zero attached hydrogens (tertiary/aromatic N) is 3. The number of benzene rings is 1. The average Bonchev–Trinajstić information content (AvgIpc) is 2.90. The molecule has 1 aliphatic rings. The highest BCUT2D eigenvalue weighted by Crippen LogP contribution is 2.15. The minimum atomic E-state index is -0.420. The summed E-state index contributed by atoms with van der Waals surface area (Å²) in [4.78, 5) is 33.8. The highest BCUT2D eigenvalue weighted by molar-refractivity contribution is 9.10. The summed E-state index contributed by atoms with van der Waals surface area (Å²) < 4.78 is 0.728. The number of nitrogens with one attached hydrogen (secondary N) is 2. The molecule has 1 aromatic carbocycles. The van der Waals surface area contributed by atoms with Crippen LogP contribution in [0.2, 0.25) is 0 Å². The minimum Gasteiger partial charge on any atom is -0.336 e. The molecule has 2 aromatic rings. The number of anilines is 1. The zero-order valence-electron chi connectivity index (χ0n) is 12.8. The summed E-state index contributed by atoms with van der Waals surface area (Å²) in [5, 5.41) is 5.34. The minimum absolute atomic E-state index is 0.0315. The van der Waals surface area contributed by atoms with Crippen molar-refractivity contribution >= 4 is 33.8 Å². The normalized spacial score (nSPS) is 17.0. The number of urea groups is 1. The van der Waals surface area contributed by atoms with Gasteiger partial charge in [0.2, 0.25) is 11.9 Å². The van der Waals surface area contributed by atoms with Crippen molar-refractivity contribution in [3.8, 4) is 0 Å². The van der Waals surface area contributed by atoms with Gasteiger partial charge in [0.15, 0.2) is 0 Å². The highest BCUT2D eigenvalue weighted by Gasteiger charge is 2.30. The van der Waals surface area contributed by atoms with Gasteiger partial charge < -0.3 is 10.2 Å². The Hall–Kier alpha value is -2.48. The van der Waals surface area contributed by atoms with E-state index in [-0.39, 0.29) is 17.9 Å². The largest absolute Gasteiger partial charge is 0.336 e. The summed E-state index contributed by atoms with van der Waals surface area (Å²) in [6.07, 6.45) is 3.38. The van der Waals surface area contributed by atoms with Gasteiger partial charge in [-0.3, -0.25) is 10.1 Å². The fourth-order valence-electron chi connectivity index (χ4n) is 2.53. The molecule has 0 spiro atoms. The van der Waals surface area contributed by atoms with Gasteiger partial charge in [-0.05, 0) is 21.5 Å². The van der Waals surface area contributed by atoms with Crippen LogP contribution in [0, 0.1) is 0 Å². The van der Waals surface area contributed by atoms with Crippen molar-refractivity contribution in [2.24, 2.45) is 0 Å². The maximum absolute atomic E-state index is 12.1. The van der Waals surface area contributed by atoms with E-state index >= 15 is 0 Å². The van der Waals surface area contributed by atoms with Crippen LogP contribution >= 0.6 is 15.9 Å². The average molecular weight is 390 g/mol. The fraction of sp³-hybridized carbons (Fsp3) is 0.250. The zero-order chi connectivity index (χ0) is 16.9. The van der Waals surface area contributed by atoms with Gasteiger partial charge in [-0.2, -0.15) is 0 Å². The van der Waals surface area contributed by atoms with Crippen LogP contribution in [0.3, 0.4) is 0 Å². The summed E-state index contributed by atoms with van der Waals surface area (Å²) in [6, 6.07) is 9.13. The van der Waals surface area contributed by atoms with Crippen molar-refractivity contribution in [1.29, 1.82) is 0 Å². The van der Waals surface area contributed by atoms with Crippen LogP contribution in [0.25, 0.3) is 0 Å². The topological polar surface area (TPSA) is 87.2 Å². The molecule has 1 fully saturated rings. The number of carbonyl (C=O) groups is 2. The van der Waals surface area contributed by atoms with Crippen LogP contribution in [-0.2, 0) is 11.3 Å². The van der Waals surface area contributed by atoms with Crippen molar-refractivity contribution in [1.82, 2.24) is 20.2 Å². The Labute approximate surface area is 147 Å². The third-order valence-corrected chi connectivity index (χ3v) is 4.02. The molecular formula is C16H16BrN5O2.